The van der Waals surface area contributed by atoms with Crippen LogP contribution in [0.2, 0.25) is 0 Å². The smallest absolute Gasteiger partial charge is 0.279 e. The van der Waals surface area contributed by atoms with Crippen LogP contribution in [0.1, 0.15) is 23.6 Å². The first-order valence-electron chi connectivity index (χ1n) is 6.59. The number of thioether (sulfide) groups is 1. The predicted molar refractivity (Wildman–Crippen MR) is 86.1 cm³/mol. The molecule has 0 saturated heterocycles. The lowest BCUT2D eigenvalue weighted by Gasteiger charge is -2.29. The minimum Gasteiger partial charge on any atom is -0.350 e. The Kier molecular flexibility index (Phi) is 4.50. The Morgan fingerprint density at radius 2 is 1.55 bits per heavy atom. The number of hydrogen-bond donors (Lipinski definition) is 1. The highest BCUT2D eigenvalue weighted by Gasteiger charge is 2.32. The molecule has 0 radical (unpaired) electrons. The summed E-state index contributed by atoms with van der Waals surface area (Å²) in [6, 6.07) is 18.5. The van der Waals surface area contributed by atoms with Crippen molar-refractivity contribution < 1.29 is 4.79 Å². The van der Waals surface area contributed by atoms with Gasteiger partial charge in [-0.05, 0) is 36.7 Å². The van der Waals surface area contributed by atoms with E-state index in [4.69, 9.17) is 0 Å². The van der Waals surface area contributed by atoms with Crippen molar-refractivity contribution in [3.05, 3.63) is 71.3 Å². The van der Waals surface area contributed by atoms with Crippen LogP contribution in [-0.4, -0.2) is 12.3 Å². The van der Waals surface area contributed by atoms with E-state index < -0.39 is 4.75 Å². The molecule has 0 unspecified atom stereocenters. The van der Waals surface area contributed by atoms with Crippen molar-refractivity contribution >= 4 is 17.0 Å². The van der Waals surface area contributed by atoms with Gasteiger partial charge in [0.05, 0.1) is 4.75 Å². The summed E-state index contributed by atoms with van der Waals surface area (Å²) in [5.41, 5.74) is 3.47. The molecule has 0 fully saturated rings. The molecule has 1 N–H and O–H groups in total. The van der Waals surface area contributed by atoms with Crippen LogP contribution in [0.5, 0.6) is 0 Å². The normalized spacial score (nSPS) is 13.6. The lowest BCUT2D eigenvalue weighted by Crippen LogP contribution is -2.25. The van der Waals surface area contributed by atoms with Gasteiger partial charge in [0.1, 0.15) is 0 Å². The van der Waals surface area contributed by atoms with Gasteiger partial charge in [-0.25, -0.2) is 0 Å². The van der Waals surface area contributed by atoms with E-state index in [0.29, 0.717) is 0 Å². The van der Waals surface area contributed by atoms with E-state index in [1.54, 1.807) is 7.05 Å². The van der Waals surface area contributed by atoms with Gasteiger partial charge in [0.25, 0.3) is 5.24 Å². The van der Waals surface area contributed by atoms with Crippen molar-refractivity contribution in [2.24, 2.45) is 0 Å². The number of nitrogens with one attached hydrogen (secondary N) is 1. The molecule has 0 aliphatic rings. The van der Waals surface area contributed by atoms with E-state index in [0.717, 1.165) is 11.1 Å². The average Bonchev–Trinajstić information content (AvgIpc) is 2.48. The van der Waals surface area contributed by atoms with Crippen molar-refractivity contribution in [2.75, 3.05) is 7.05 Å². The second kappa shape index (κ2) is 6.14. The van der Waals surface area contributed by atoms with E-state index in [1.807, 2.05) is 18.2 Å². The number of hydrogen-bond acceptors (Lipinski definition) is 2. The summed E-state index contributed by atoms with van der Waals surface area (Å²) in [7, 11) is 1.66. The molecule has 2 aromatic rings. The summed E-state index contributed by atoms with van der Waals surface area (Å²) >= 11 is 1.31. The molecule has 20 heavy (non-hydrogen) atoms. The molecule has 0 aromatic heterocycles. The van der Waals surface area contributed by atoms with E-state index >= 15 is 0 Å². The van der Waals surface area contributed by atoms with Crippen molar-refractivity contribution in [3.8, 4) is 0 Å². The Morgan fingerprint density at radius 3 is 2.10 bits per heavy atom. The Balaban J connectivity index is 2.48. The van der Waals surface area contributed by atoms with Gasteiger partial charge < -0.3 is 5.32 Å². The molecule has 0 aliphatic heterocycles. The van der Waals surface area contributed by atoms with Gasteiger partial charge in [-0.3, -0.25) is 4.79 Å². The number of amides is 1. The van der Waals surface area contributed by atoms with Gasteiger partial charge in [-0.15, -0.1) is 0 Å². The van der Waals surface area contributed by atoms with Gasteiger partial charge in [0.15, 0.2) is 0 Å². The summed E-state index contributed by atoms with van der Waals surface area (Å²) in [4.78, 5) is 11.9. The van der Waals surface area contributed by atoms with E-state index in [1.165, 1.54) is 17.3 Å². The quantitative estimate of drug-likeness (QED) is 0.909. The zero-order valence-corrected chi connectivity index (χ0v) is 12.8. The Hall–Kier alpha value is -1.74. The molecule has 2 aromatic carbocycles. The van der Waals surface area contributed by atoms with Gasteiger partial charge >= 0.3 is 0 Å². The molecule has 1 atom stereocenters. The highest BCUT2D eigenvalue weighted by Crippen LogP contribution is 2.42. The minimum absolute atomic E-state index is 0.0306. The minimum atomic E-state index is -0.394. The van der Waals surface area contributed by atoms with E-state index in [-0.39, 0.29) is 5.24 Å². The topological polar surface area (TPSA) is 29.1 Å². The molecule has 1 amide bonds. The second-order valence-electron chi connectivity index (χ2n) is 4.90. The van der Waals surface area contributed by atoms with Gasteiger partial charge in [0.2, 0.25) is 0 Å². The van der Waals surface area contributed by atoms with Crippen molar-refractivity contribution in [1.29, 1.82) is 0 Å². The Bertz CT molecular complexity index is 580. The molecule has 2 rings (SSSR count). The standard InChI is InChI=1S/C17H19NOS/c1-13-9-11-15(12-10-13)17(2,20-16(19)18-3)14-7-5-4-6-8-14/h4-12H,1-3H3,(H,18,19)/t17-/m0/s1. The highest BCUT2D eigenvalue weighted by molar-refractivity contribution is 8.14. The maximum absolute atomic E-state index is 11.9. The SMILES string of the molecule is CNC(=O)S[C@@](C)(c1ccccc1)c1ccc(C)cc1. The van der Waals surface area contributed by atoms with Crippen molar-refractivity contribution in [2.45, 2.75) is 18.6 Å². The molecule has 0 saturated carbocycles. The van der Waals surface area contributed by atoms with Crippen molar-refractivity contribution in [3.63, 3.8) is 0 Å². The number of rotatable bonds is 3. The fraction of sp³-hybridized carbons (Fsp3) is 0.235. The number of aryl methyl sites for hydroxylation is 1. The fourth-order valence-corrected chi connectivity index (χ4v) is 3.13. The maximum atomic E-state index is 11.9. The molecular formula is C17H19NOS. The Morgan fingerprint density at radius 1 is 1.00 bits per heavy atom. The zero-order chi connectivity index (χ0) is 14.6. The summed E-state index contributed by atoms with van der Waals surface area (Å²) in [6.45, 7) is 4.16. The van der Waals surface area contributed by atoms with Crippen molar-refractivity contribution in [1.82, 2.24) is 5.32 Å². The summed E-state index contributed by atoms with van der Waals surface area (Å²) in [5, 5.41) is 2.66. The molecular weight excluding hydrogens is 266 g/mol. The van der Waals surface area contributed by atoms with Crippen LogP contribution in [-0.2, 0) is 4.75 Å². The van der Waals surface area contributed by atoms with Crippen LogP contribution in [0, 0.1) is 6.92 Å². The highest BCUT2D eigenvalue weighted by atomic mass is 32.2. The van der Waals surface area contributed by atoms with Crippen LogP contribution < -0.4 is 5.32 Å². The third kappa shape index (κ3) is 3.05. The molecule has 2 nitrogen and oxygen atoms in total. The zero-order valence-electron chi connectivity index (χ0n) is 12.0. The van der Waals surface area contributed by atoms with Gasteiger partial charge in [-0.1, -0.05) is 60.2 Å². The number of benzene rings is 2. The molecule has 0 bridgehead atoms. The van der Waals surface area contributed by atoms with Crippen LogP contribution >= 0.6 is 11.8 Å². The van der Waals surface area contributed by atoms with E-state index in [2.05, 4.69) is 55.6 Å². The average molecular weight is 285 g/mol. The maximum Gasteiger partial charge on any atom is 0.279 e. The molecule has 0 aliphatic carbocycles. The summed E-state index contributed by atoms with van der Waals surface area (Å²) in [6.07, 6.45) is 0. The first-order chi connectivity index (χ1) is 9.56. The lowest BCUT2D eigenvalue weighted by molar-refractivity contribution is 0.262. The largest absolute Gasteiger partial charge is 0.350 e. The summed E-state index contributed by atoms with van der Waals surface area (Å²) in [5.74, 6) is 0. The van der Waals surface area contributed by atoms with Crippen LogP contribution in [0.4, 0.5) is 4.79 Å². The third-order valence-electron chi connectivity index (χ3n) is 3.43. The fourth-order valence-electron chi connectivity index (χ4n) is 2.15. The first kappa shape index (κ1) is 14.7. The molecule has 104 valence electrons. The van der Waals surface area contributed by atoms with Gasteiger partial charge in [-0.2, -0.15) is 0 Å². The Labute approximate surface area is 124 Å². The second-order valence-corrected chi connectivity index (χ2v) is 6.30. The third-order valence-corrected chi connectivity index (χ3v) is 4.70. The number of carbonyl (C=O) groups is 1. The van der Waals surface area contributed by atoms with Crippen LogP contribution in [0.15, 0.2) is 54.6 Å². The van der Waals surface area contributed by atoms with Crippen LogP contribution in [0.3, 0.4) is 0 Å². The number of carbonyl (C=O) groups excluding carboxylic acids is 1. The predicted octanol–water partition coefficient (Wildman–Crippen LogP) is 4.33. The molecule has 3 heteroatoms. The van der Waals surface area contributed by atoms with Gasteiger partial charge in [0, 0.05) is 7.05 Å². The lowest BCUT2D eigenvalue weighted by atomic mass is 9.91. The van der Waals surface area contributed by atoms with Crippen LogP contribution in [0.25, 0.3) is 0 Å². The monoisotopic (exact) mass is 285 g/mol. The van der Waals surface area contributed by atoms with E-state index in [9.17, 15) is 4.79 Å². The summed E-state index contributed by atoms with van der Waals surface area (Å²) < 4.78 is -0.394. The first-order valence-corrected chi connectivity index (χ1v) is 7.41. The molecule has 0 heterocycles. The molecule has 0 spiro atoms.